The molecule has 3 aromatic rings. The Kier molecular flexibility index (Phi) is 7.68. The smallest absolute Gasteiger partial charge is 0.274 e. The van der Waals surface area contributed by atoms with Gasteiger partial charge in [-0.3, -0.25) is 14.4 Å². The minimum Gasteiger partial charge on any atom is -0.497 e. The van der Waals surface area contributed by atoms with Crippen molar-refractivity contribution in [2.24, 2.45) is 5.92 Å². The van der Waals surface area contributed by atoms with Gasteiger partial charge in [0.05, 0.1) is 19.6 Å². The third-order valence-electron chi connectivity index (χ3n) is 6.54. The van der Waals surface area contributed by atoms with Crippen molar-refractivity contribution in [2.75, 3.05) is 31.7 Å². The fraction of sp³-hybridized carbons (Fsp3) is 0.296. The van der Waals surface area contributed by atoms with Crippen molar-refractivity contribution in [3.8, 4) is 5.75 Å². The highest BCUT2D eigenvalue weighted by atomic mass is 19.1. The molecule has 4 rings (SSSR count). The van der Waals surface area contributed by atoms with Crippen molar-refractivity contribution < 1.29 is 28.2 Å². The Morgan fingerprint density at radius 1 is 1.14 bits per heavy atom. The van der Waals surface area contributed by atoms with Gasteiger partial charge in [-0.05, 0) is 31.2 Å². The van der Waals surface area contributed by atoms with Gasteiger partial charge < -0.3 is 24.6 Å². The molecular weight excluding hydrogens is 484 g/mol. The second-order valence-electron chi connectivity index (χ2n) is 8.86. The van der Waals surface area contributed by atoms with Gasteiger partial charge >= 0.3 is 0 Å². The number of benzene rings is 2. The number of aliphatic hydroxyl groups excluding tert-OH is 1. The number of amides is 2. The van der Waals surface area contributed by atoms with Crippen molar-refractivity contribution >= 4 is 17.5 Å². The fourth-order valence-corrected chi connectivity index (χ4v) is 4.58. The number of aromatic nitrogens is 1. The molecule has 0 bridgehead atoms. The number of hydrogen-bond donors (Lipinski definition) is 2. The highest BCUT2D eigenvalue weighted by Gasteiger charge is 2.45. The minimum absolute atomic E-state index is 0.0147. The fourth-order valence-electron chi connectivity index (χ4n) is 4.58. The van der Waals surface area contributed by atoms with E-state index < -0.39 is 40.8 Å². The Balaban J connectivity index is 1.70. The largest absolute Gasteiger partial charge is 0.497 e. The molecule has 37 heavy (non-hydrogen) atoms. The molecule has 2 heterocycles. The van der Waals surface area contributed by atoms with Crippen molar-refractivity contribution in [2.45, 2.75) is 19.4 Å². The number of aliphatic hydroxyl groups is 1. The summed E-state index contributed by atoms with van der Waals surface area (Å²) in [6.07, 6.45) is 1.47. The summed E-state index contributed by atoms with van der Waals surface area (Å²) in [7, 11) is 1.28. The molecule has 8 nitrogen and oxygen atoms in total. The standard InChI is InChI=1S/C27H27F2N3O5/c1-16-5-7-17(8-6-16)25(34)30-14-19-20(24-21(28)12-18(37-2)13-22(24)29)15-32(26(19)35)23-4-3-9-31(10-11-33)27(23)36/h3-9,12-13,19-20,33H,10-11,14-15H2,1-2H3,(H,30,34)/t19?,20-/m1/s1. The number of rotatable bonds is 8. The van der Waals surface area contributed by atoms with Crippen LogP contribution in [0, 0.1) is 24.5 Å². The Morgan fingerprint density at radius 2 is 1.81 bits per heavy atom. The number of nitrogens with zero attached hydrogens (tertiary/aromatic N) is 2. The van der Waals surface area contributed by atoms with Crippen LogP contribution in [0.2, 0.25) is 0 Å². The first-order chi connectivity index (χ1) is 17.7. The number of anilines is 1. The Bertz CT molecular complexity index is 1350. The molecule has 2 aromatic carbocycles. The average Bonchev–Trinajstić information content (AvgIpc) is 3.19. The number of nitrogens with one attached hydrogen (secondary N) is 1. The average molecular weight is 512 g/mol. The van der Waals surface area contributed by atoms with E-state index in [9.17, 15) is 19.5 Å². The second-order valence-corrected chi connectivity index (χ2v) is 8.86. The van der Waals surface area contributed by atoms with Crippen molar-refractivity contribution in [1.29, 1.82) is 0 Å². The molecule has 1 aromatic heterocycles. The predicted molar refractivity (Wildman–Crippen MR) is 133 cm³/mol. The van der Waals surface area contributed by atoms with Crippen LogP contribution in [0.4, 0.5) is 14.5 Å². The summed E-state index contributed by atoms with van der Waals surface area (Å²) >= 11 is 0. The SMILES string of the molecule is COc1cc(F)c([C@@H]2CN(c3cccn(CCO)c3=O)C(=O)C2CNC(=O)c2ccc(C)cc2)c(F)c1. The molecule has 1 fully saturated rings. The van der Waals surface area contributed by atoms with Crippen LogP contribution in [0.3, 0.4) is 0 Å². The van der Waals surface area contributed by atoms with E-state index in [1.807, 2.05) is 6.92 Å². The summed E-state index contributed by atoms with van der Waals surface area (Å²) in [6, 6.07) is 11.9. The maximum Gasteiger partial charge on any atom is 0.274 e. The van der Waals surface area contributed by atoms with Crippen LogP contribution in [-0.2, 0) is 11.3 Å². The number of aryl methyl sites for hydroxylation is 1. The van der Waals surface area contributed by atoms with Gasteiger partial charge in [0.1, 0.15) is 23.1 Å². The second kappa shape index (κ2) is 10.9. The van der Waals surface area contributed by atoms with E-state index in [1.165, 1.54) is 28.8 Å². The first-order valence-electron chi connectivity index (χ1n) is 11.7. The normalized spacial score (nSPS) is 17.2. The number of pyridine rings is 1. The van der Waals surface area contributed by atoms with Crippen molar-refractivity contribution in [3.05, 3.63) is 93.4 Å². The van der Waals surface area contributed by atoms with Gasteiger partial charge in [-0.25, -0.2) is 8.78 Å². The lowest BCUT2D eigenvalue weighted by Crippen LogP contribution is -2.38. The molecular formula is C27H27F2N3O5. The van der Waals surface area contributed by atoms with Gasteiger partial charge in [0.2, 0.25) is 5.91 Å². The zero-order chi connectivity index (χ0) is 26.7. The Hall–Kier alpha value is -4.05. The number of carbonyl (C=O) groups is 2. The summed E-state index contributed by atoms with van der Waals surface area (Å²) in [5, 5.41) is 11.9. The summed E-state index contributed by atoms with van der Waals surface area (Å²) in [4.78, 5) is 40.4. The molecule has 1 unspecified atom stereocenters. The molecule has 1 saturated heterocycles. The van der Waals surface area contributed by atoms with E-state index in [0.717, 1.165) is 17.7 Å². The molecule has 194 valence electrons. The summed E-state index contributed by atoms with van der Waals surface area (Å²) < 4.78 is 36.4. The molecule has 2 amide bonds. The van der Waals surface area contributed by atoms with Crippen LogP contribution in [-0.4, -0.2) is 48.3 Å². The lowest BCUT2D eigenvalue weighted by Gasteiger charge is -2.19. The van der Waals surface area contributed by atoms with Gasteiger partial charge in [0, 0.05) is 55.0 Å². The zero-order valence-electron chi connectivity index (χ0n) is 20.4. The van der Waals surface area contributed by atoms with Crippen LogP contribution in [0.1, 0.15) is 27.4 Å². The molecule has 1 aliphatic heterocycles. The zero-order valence-corrected chi connectivity index (χ0v) is 20.4. The number of halogens is 2. The summed E-state index contributed by atoms with van der Waals surface area (Å²) in [5.41, 5.74) is 0.522. The lowest BCUT2D eigenvalue weighted by molar-refractivity contribution is -0.120. The van der Waals surface area contributed by atoms with E-state index in [-0.39, 0.29) is 43.2 Å². The van der Waals surface area contributed by atoms with E-state index in [1.54, 1.807) is 30.3 Å². The Morgan fingerprint density at radius 3 is 2.43 bits per heavy atom. The number of carbonyl (C=O) groups excluding carboxylic acids is 2. The minimum atomic E-state index is -1.04. The highest BCUT2D eigenvalue weighted by Crippen LogP contribution is 2.39. The first-order valence-corrected chi connectivity index (χ1v) is 11.7. The topological polar surface area (TPSA) is 101 Å². The monoisotopic (exact) mass is 511 g/mol. The molecule has 0 radical (unpaired) electrons. The van der Waals surface area contributed by atoms with E-state index in [2.05, 4.69) is 5.32 Å². The summed E-state index contributed by atoms with van der Waals surface area (Å²) in [6.45, 7) is 1.25. The van der Waals surface area contributed by atoms with Crippen molar-refractivity contribution in [1.82, 2.24) is 9.88 Å². The van der Waals surface area contributed by atoms with Gasteiger partial charge in [0.15, 0.2) is 0 Å². The predicted octanol–water partition coefficient (Wildman–Crippen LogP) is 2.61. The maximum atomic E-state index is 15.1. The first kappa shape index (κ1) is 26.0. The molecule has 2 N–H and O–H groups in total. The molecule has 0 saturated carbocycles. The molecule has 2 atom stereocenters. The van der Waals surface area contributed by atoms with Crippen LogP contribution < -0.4 is 20.5 Å². The number of methoxy groups -OCH3 is 1. The van der Waals surface area contributed by atoms with Gasteiger partial charge in [-0.2, -0.15) is 0 Å². The van der Waals surface area contributed by atoms with Crippen LogP contribution in [0.5, 0.6) is 5.75 Å². The van der Waals surface area contributed by atoms with E-state index in [0.29, 0.717) is 5.56 Å². The number of ether oxygens (including phenoxy) is 1. The quantitative estimate of drug-likeness (QED) is 0.484. The van der Waals surface area contributed by atoms with Gasteiger partial charge in [-0.1, -0.05) is 17.7 Å². The Labute approximate surface area is 212 Å². The lowest BCUT2D eigenvalue weighted by atomic mass is 9.87. The van der Waals surface area contributed by atoms with Gasteiger partial charge in [-0.15, -0.1) is 0 Å². The third kappa shape index (κ3) is 5.24. The molecule has 0 aliphatic carbocycles. The van der Waals surface area contributed by atoms with Crippen LogP contribution in [0.15, 0.2) is 59.5 Å². The van der Waals surface area contributed by atoms with E-state index in [4.69, 9.17) is 4.74 Å². The third-order valence-corrected chi connectivity index (χ3v) is 6.54. The van der Waals surface area contributed by atoms with Gasteiger partial charge in [0.25, 0.3) is 11.5 Å². The summed E-state index contributed by atoms with van der Waals surface area (Å²) in [5.74, 6) is -4.83. The highest BCUT2D eigenvalue weighted by molar-refractivity contribution is 5.99. The number of hydrogen-bond acceptors (Lipinski definition) is 5. The molecule has 1 aliphatic rings. The van der Waals surface area contributed by atoms with Crippen molar-refractivity contribution in [3.63, 3.8) is 0 Å². The van der Waals surface area contributed by atoms with E-state index >= 15 is 8.78 Å². The maximum absolute atomic E-state index is 15.1. The molecule has 10 heteroatoms. The van der Waals surface area contributed by atoms with Crippen LogP contribution >= 0.6 is 0 Å². The molecule has 0 spiro atoms. The van der Waals surface area contributed by atoms with Crippen LogP contribution in [0.25, 0.3) is 0 Å².